The second-order valence-electron chi connectivity index (χ2n) is 6.35. The number of ether oxygens (including phenoxy) is 1. The standard InChI is InChI=1S/C23H22BrNO2/c1-4-8-21-22(23(26)27-3)20(18-11-13-19(24)14-12-18)15-25(21)16(2)17-9-6-5-7-10-17/h4-7,9-16H,1,8H2,2-3H3/t16-/m1/s1. The maximum Gasteiger partial charge on any atom is 0.340 e. The zero-order valence-corrected chi connectivity index (χ0v) is 17.1. The van der Waals surface area contributed by atoms with Crippen molar-refractivity contribution in [2.45, 2.75) is 19.4 Å². The second kappa shape index (κ2) is 8.40. The van der Waals surface area contributed by atoms with E-state index in [0.29, 0.717) is 12.0 Å². The molecule has 0 aliphatic carbocycles. The van der Waals surface area contributed by atoms with Crippen molar-refractivity contribution in [2.75, 3.05) is 7.11 Å². The number of hydrogen-bond donors (Lipinski definition) is 0. The fraction of sp³-hybridized carbons (Fsp3) is 0.174. The summed E-state index contributed by atoms with van der Waals surface area (Å²) in [5.41, 5.74) is 4.53. The molecule has 0 amide bonds. The van der Waals surface area contributed by atoms with Gasteiger partial charge in [-0.3, -0.25) is 0 Å². The molecule has 3 nitrogen and oxygen atoms in total. The van der Waals surface area contributed by atoms with Crippen molar-refractivity contribution in [3.8, 4) is 11.1 Å². The van der Waals surface area contributed by atoms with Crippen LogP contribution in [0.15, 0.2) is 77.9 Å². The molecule has 0 aliphatic rings. The Hall–Kier alpha value is -2.59. The van der Waals surface area contributed by atoms with Gasteiger partial charge >= 0.3 is 5.97 Å². The molecule has 1 aromatic heterocycles. The minimum absolute atomic E-state index is 0.0776. The Morgan fingerprint density at radius 3 is 2.44 bits per heavy atom. The van der Waals surface area contributed by atoms with Crippen LogP contribution in [0.4, 0.5) is 0 Å². The molecule has 3 aromatic rings. The highest BCUT2D eigenvalue weighted by Gasteiger charge is 2.25. The van der Waals surface area contributed by atoms with E-state index in [1.807, 2.05) is 54.7 Å². The van der Waals surface area contributed by atoms with E-state index in [1.165, 1.54) is 12.7 Å². The summed E-state index contributed by atoms with van der Waals surface area (Å²) in [6, 6.07) is 18.3. The summed E-state index contributed by atoms with van der Waals surface area (Å²) in [4.78, 5) is 12.7. The van der Waals surface area contributed by atoms with Crippen molar-refractivity contribution in [3.05, 3.63) is 94.7 Å². The third kappa shape index (κ3) is 3.91. The van der Waals surface area contributed by atoms with Gasteiger partial charge < -0.3 is 9.30 Å². The predicted molar refractivity (Wildman–Crippen MR) is 113 cm³/mol. The van der Waals surface area contributed by atoms with Gasteiger partial charge in [0.1, 0.15) is 0 Å². The van der Waals surface area contributed by atoms with E-state index in [9.17, 15) is 4.79 Å². The molecule has 2 aromatic carbocycles. The summed E-state index contributed by atoms with van der Waals surface area (Å²) in [6.07, 6.45) is 4.45. The topological polar surface area (TPSA) is 31.2 Å². The molecule has 0 saturated heterocycles. The van der Waals surface area contributed by atoms with Gasteiger partial charge in [0.15, 0.2) is 0 Å². The number of carbonyl (C=O) groups excluding carboxylic acids is 1. The summed E-state index contributed by atoms with van der Waals surface area (Å²) in [7, 11) is 1.42. The number of methoxy groups -OCH3 is 1. The Labute approximate surface area is 168 Å². The molecule has 0 aliphatic heterocycles. The quantitative estimate of drug-likeness (QED) is 0.357. The van der Waals surface area contributed by atoms with Crippen molar-refractivity contribution >= 4 is 21.9 Å². The van der Waals surface area contributed by atoms with E-state index >= 15 is 0 Å². The number of nitrogens with zero attached hydrogens (tertiary/aromatic N) is 1. The molecule has 0 spiro atoms. The molecule has 0 fully saturated rings. The lowest BCUT2D eigenvalue weighted by molar-refractivity contribution is 0.0600. The van der Waals surface area contributed by atoms with Gasteiger partial charge in [0.25, 0.3) is 0 Å². The van der Waals surface area contributed by atoms with Gasteiger partial charge in [-0.2, -0.15) is 0 Å². The molecule has 0 saturated carbocycles. The zero-order valence-electron chi connectivity index (χ0n) is 15.5. The highest BCUT2D eigenvalue weighted by molar-refractivity contribution is 9.10. The van der Waals surface area contributed by atoms with Gasteiger partial charge in [-0.1, -0.05) is 64.5 Å². The lowest BCUT2D eigenvalue weighted by atomic mass is 10.0. The van der Waals surface area contributed by atoms with Crippen LogP contribution in [0.2, 0.25) is 0 Å². The molecule has 3 rings (SSSR count). The van der Waals surface area contributed by atoms with E-state index in [-0.39, 0.29) is 12.0 Å². The fourth-order valence-electron chi connectivity index (χ4n) is 3.33. The lowest BCUT2D eigenvalue weighted by Crippen LogP contribution is -2.12. The van der Waals surface area contributed by atoms with E-state index in [2.05, 4.69) is 46.1 Å². The lowest BCUT2D eigenvalue weighted by Gasteiger charge is -2.18. The van der Waals surface area contributed by atoms with Crippen molar-refractivity contribution in [1.82, 2.24) is 4.57 Å². The molecular formula is C23H22BrNO2. The molecule has 0 bridgehead atoms. The molecule has 0 radical (unpaired) electrons. The van der Waals surface area contributed by atoms with Crippen molar-refractivity contribution in [3.63, 3.8) is 0 Å². The second-order valence-corrected chi connectivity index (χ2v) is 7.27. The predicted octanol–water partition coefficient (Wildman–Crippen LogP) is 6.04. The molecule has 27 heavy (non-hydrogen) atoms. The van der Waals surface area contributed by atoms with Crippen LogP contribution in [0.5, 0.6) is 0 Å². The van der Waals surface area contributed by atoms with Crippen LogP contribution in [0.3, 0.4) is 0 Å². The molecule has 1 heterocycles. The normalized spacial score (nSPS) is 11.8. The van der Waals surface area contributed by atoms with Crippen LogP contribution in [-0.2, 0) is 11.2 Å². The minimum Gasteiger partial charge on any atom is -0.465 e. The summed E-state index contributed by atoms with van der Waals surface area (Å²) >= 11 is 3.47. The maximum absolute atomic E-state index is 12.7. The van der Waals surface area contributed by atoms with E-state index in [0.717, 1.165) is 21.3 Å². The van der Waals surface area contributed by atoms with Crippen molar-refractivity contribution < 1.29 is 9.53 Å². The van der Waals surface area contributed by atoms with E-state index < -0.39 is 0 Å². The van der Waals surface area contributed by atoms with Gasteiger partial charge in [0, 0.05) is 28.3 Å². The summed E-state index contributed by atoms with van der Waals surface area (Å²) in [5.74, 6) is -0.330. The van der Waals surface area contributed by atoms with Crippen LogP contribution >= 0.6 is 15.9 Å². The van der Waals surface area contributed by atoms with Crippen LogP contribution < -0.4 is 0 Å². The molecule has 0 unspecified atom stereocenters. The Morgan fingerprint density at radius 2 is 1.85 bits per heavy atom. The smallest absolute Gasteiger partial charge is 0.340 e. The van der Waals surface area contributed by atoms with Crippen LogP contribution in [0, 0.1) is 0 Å². The number of hydrogen-bond acceptors (Lipinski definition) is 2. The van der Waals surface area contributed by atoms with Gasteiger partial charge in [0.05, 0.1) is 18.7 Å². The largest absolute Gasteiger partial charge is 0.465 e. The number of halogens is 1. The Bertz CT molecular complexity index is 943. The summed E-state index contributed by atoms with van der Waals surface area (Å²) in [6.45, 7) is 6.01. The zero-order chi connectivity index (χ0) is 19.4. The molecular weight excluding hydrogens is 402 g/mol. The minimum atomic E-state index is -0.330. The first kappa shape index (κ1) is 19.2. The first-order valence-electron chi connectivity index (χ1n) is 8.80. The Morgan fingerprint density at radius 1 is 1.19 bits per heavy atom. The van der Waals surface area contributed by atoms with Gasteiger partial charge in [0.2, 0.25) is 0 Å². The maximum atomic E-state index is 12.7. The van der Waals surface area contributed by atoms with Crippen molar-refractivity contribution in [1.29, 1.82) is 0 Å². The van der Waals surface area contributed by atoms with Gasteiger partial charge in [-0.05, 0) is 30.2 Å². The number of rotatable bonds is 6. The SMILES string of the molecule is C=CCc1c(C(=O)OC)c(-c2ccc(Br)cc2)cn1[C@H](C)c1ccccc1. The van der Waals surface area contributed by atoms with Gasteiger partial charge in [-0.15, -0.1) is 6.58 Å². The monoisotopic (exact) mass is 423 g/mol. The van der Waals surface area contributed by atoms with Crippen molar-refractivity contribution in [2.24, 2.45) is 0 Å². The Kier molecular flexibility index (Phi) is 5.97. The van der Waals surface area contributed by atoms with E-state index in [1.54, 1.807) is 0 Å². The summed E-state index contributed by atoms with van der Waals surface area (Å²) < 4.78 is 8.26. The number of aromatic nitrogens is 1. The average Bonchev–Trinajstić information content (AvgIpc) is 3.07. The van der Waals surface area contributed by atoms with Gasteiger partial charge in [-0.25, -0.2) is 4.79 Å². The number of esters is 1. The third-order valence-electron chi connectivity index (χ3n) is 4.72. The highest BCUT2D eigenvalue weighted by atomic mass is 79.9. The average molecular weight is 424 g/mol. The molecule has 4 heteroatoms. The number of allylic oxidation sites excluding steroid dienone is 1. The molecule has 1 atom stereocenters. The Balaban J connectivity index is 2.22. The van der Waals surface area contributed by atoms with Crippen LogP contribution in [0.1, 0.15) is 34.6 Å². The summed E-state index contributed by atoms with van der Waals surface area (Å²) in [5, 5.41) is 0. The highest BCUT2D eigenvalue weighted by Crippen LogP contribution is 2.34. The fourth-order valence-corrected chi connectivity index (χ4v) is 3.59. The first-order valence-corrected chi connectivity index (χ1v) is 9.60. The first-order chi connectivity index (χ1) is 13.1. The van der Waals surface area contributed by atoms with Crippen LogP contribution in [-0.4, -0.2) is 17.6 Å². The number of benzene rings is 2. The third-order valence-corrected chi connectivity index (χ3v) is 5.25. The van der Waals surface area contributed by atoms with E-state index in [4.69, 9.17) is 4.74 Å². The van der Waals surface area contributed by atoms with Crippen LogP contribution in [0.25, 0.3) is 11.1 Å². The number of carbonyl (C=O) groups is 1. The molecule has 138 valence electrons. The molecule has 0 N–H and O–H groups in total.